The van der Waals surface area contributed by atoms with E-state index in [0.29, 0.717) is 6.08 Å². The Bertz CT molecular complexity index is 722. The van der Waals surface area contributed by atoms with Crippen LogP contribution in [0.15, 0.2) is 72.3 Å². The van der Waals surface area contributed by atoms with Gasteiger partial charge in [0.25, 0.3) is 0 Å². The zero-order valence-electron chi connectivity index (χ0n) is 14.7. The van der Waals surface area contributed by atoms with Gasteiger partial charge in [-0.15, -0.1) is 0 Å². The fraction of sp³-hybridized carbons (Fsp3) is 0.200. The van der Waals surface area contributed by atoms with Gasteiger partial charge < -0.3 is 15.0 Å². The summed E-state index contributed by atoms with van der Waals surface area (Å²) in [6.07, 6.45) is 0.579. The van der Waals surface area contributed by atoms with Crippen molar-refractivity contribution in [1.29, 1.82) is 0 Å². The lowest BCUT2D eigenvalue weighted by atomic mass is 10.2. The molecule has 2 aromatic carbocycles. The monoisotopic (exact) mass is 341 g/mol. The largest absolute Gasteiger partial charge is 0.545 e. The molecule has 2 aromatic rings. The quantitative estimate of drug-likeness (QED) is 0.668. The Morgan fingerprint density at radius 2 is 1.48 bits per heavy atom. The van der Waals surface area contributed by atoms with E-state index >= 15 is 0 Å². The highest BCUT2D eigenvalue weighted by atomic mass is 16.4. The van der Waals surface area contributed by atoms with Crippen molar-refractivity contribution < 1.29 is 19.8 Å². The maximum absolute atomic E-state index is 9.79. The van der Waals surface area contributed by atoms with Crippen molar-refractivity contribution in [2.24, 2.45) is 0 Å². The van der Waals surface area contributed by atoms with E-state index in [-0.39, 0.29) is 5.57 Å². The molecule has 0 amide bonds. The molecule has 0 saturated heterocycles. The highest BCUT2D eigenvalue weighted by Crippen LogP contribution is 2.21. The van der Waals surface area contributed by atoms with Gasteiger partial charge in [-0.1, -0.05) is 48.5 Å². The second kappa shape index (κ2) is 9.39. The summed E-state index contributed by atoms with van der Waals surface area (Å²) < 4.78 is 0.880. The van der Waals surface area contributed by atoms with E-state index in [1.807, 2.05) is 0 Å². The number of nitrogens with zero attached hydrogens (tertiary/aromatic N) is 1. The van der Waals surface area contributed by atoms with Crippen molar-refractivity contribution in [3.05, 3.63) is 77.9 Å². The Morgan fingerprint density at radius 1 is 1.00 bits per heavy atom. The number of carboxylic acid groups (broad SMARTS) is 2. The fourth-order valence-corrected chi connectivity index (χ4v) is 2.21. The molecule has 0 spiro atoms. The number of rotatable bonds is 5. The minimum atomic E-state index is -1.46. The molecule has 0 unspecified atom stereocenters. The third-order valence-corrected chi connectivity index (χ3v) is 3.54. The maximum atomic E-state index is 9.79. The van der Waals surface area contributed by atoms with Gasteiger partial charge >= 0.3 is 5.97 Å². The van der Waals surface area contributed by atoms with Gasteiger partial charge in [0.2, 0.25) is 0 Å². The van der Waals surface area contributed by atoms with E-state index in [1.165, 1.54) is 11.3 Å². The summed E-state index contributed by atoms with van der Waals surface area (Å²) >= 11 is 0. The second-order valence-corrected chi connectivity index (χ2v) is 6.12. The van der Waals surface area contributed by atoms with Crippen LogP contribution in [0.3, 0.4) is 0 Å². The van der Waals surface area contributed by atoms with E-state index in [0.717, 1.165) is 18.0 Å². The van der Waals surface area contributed by atoms with Crippen LogP contribution in [-0.2, 0) is 16.1 Å². The molecule has 0 bridgehead atoms. The number of aliphatic carboxylic acids is 2. The number of carbonyl (C=O) groups excluding carboxylic acids is 1. The van der Waals surface area contributed by atoms with Crippen LogP contribution in [0.1, 0.15) is 12.5 Å². The molecule has 0 aliphatic heterocycles. The molecule has 0 aliphatic rings. The lowest BCUT2D eigenvalue weighted by Crippen LogP contribution is -2.39. The van der Waals surface area contributed by atoms with Gasteiger partial charge in [-0.2, -0.15) is 0 Å². The number of hydrogen-bond donors (Lipinski definition) is 1. The van der Waals surface area contributed by atoms with Crippen LogP contribution in [0.5, 0.6) is 0 Å². The molecular weight excluding hydrogens is 318 g/mol. The summed E-state index contributed by atoms with van der Waals surface area (Å²) in [6, 6.07) is 21.2. The average molecular weight is 341 g/mol. The van der Waals surface area contributed by atoms with Gasteiger partial charge in [0.1, 0.15) is 12.2 Å². The number of carboxylic acids is 2. The number of benzene rings is 2. The first-order valence-corrected chi connectivity index (χ1v) is 7.77. The third kappa shape index (κ3) is 7.46. The van der Waals surface area contributed by atoms with Crippen molar-refractivity contribution in [3.63, 3.8) is 0 Å². The van der Waals surface area contributed by atoms with Gasteiger partial charge in [-0.05, 0) is 24.6 Å². The van der Waals surface area contributed by atoms with E-state index in [1.54, 1.807) is 0 Å². The molecular formula is C20H23NO4. The summed E-state index contributed by atoms with van der Waals surface area (Å²) in [4.78, 5) is 19.5. The number of quaternary nitrogens is 1. The summed E-state index contributed by atoms with van der Waals surface area (Å²) in [6.45, 7) is 2.17. The van der Waals surface area contributed by atoms with Crippen LogP contribution in [-0.4, -0.2) is 31.1 Å². The molecule has 1 N–H and O–H groups in total. The summed E-state index contributed by atoms with van der Waals surface area (Å²) in [5, 5.41) is 17.8. The van der Waals surface area contributed by atoms with Gasteiger partial charge in [-0.25, -0.2) is 4.79 Å². The van der Waals surface area contributed by atoms with Crippen LogP contribution < -0.4 is 9.59 Å². The molecule has 5 heteroatoms. The Hall–Kier alpha value is -2.92. The van der Waals surface area contributed by atoms with Crippen molar-refractivity contribution in [3.8, 4) is 0 Å². The number of hydrogen-bond acceptors (Lipinski definition) is 3. The van der Waals surface area contributed by atoms with Crippen molar-refractivity contribution >= 4 is 17.6 Å². The predicted octanol–water partition coefficient (Wildman–Crippen LogP) is 2.22. The summed E-state index contributed by atoms with van der Waals surface area (Å²) in [5.41, 5.74) is 2.42. The Balaban J connectivity index is 0.000000299. The smallest absolute Gasteiger partial charge is 0.328 e. The van der Waals surface area contributed by atoms with E-state index < -0.39 is 11.9 Å². The molecule has 2 rings (SSSR count). The lowest BCUT2D eigenvalue weighted by molar-refractivity contribution is -0.299. The SMILES string of the molecule is C/C(=C/C(=O)O)C(=O)[O-].C[N+](C)(Cc1ccccc1)c1ccccc1. The van der Waals surface area contributed by atoms with Crippen LogP contribution in [0.2, 0.25) is 0 Å². The van der Waals surface area contributed by atoms with Gasteiger partial charge in [0.05, 0.1) is 20.1 Å². The maximum Gasteiger partial charge on any atom is 0.328 e. The topological polar surface area (TPSA) is 77.4 Å². The van der Waals surface area contributed by atoms with Crippen molar-refractivity contribution in [2.75, 3.05) is 14.1 Å². The Morgan fingerprint density at radius 3 is 1.88 bits per heavy atom. The minimum absolute atomic E-state index is 0.289. The molecule has 0 radical (unpaired) electrons. The molecule has 132 valence electrons. The van der Waals surface area contributed by atoms with Crippen LogP contribution in [0.4, 0.5) is 5.69 Å². The molecule has 25 heavy (non-hydrogen) atoms. The fourth-order valence-electron chi connectivity index (χ4n) is 2.21. The Labute approximate surface area is 148 Å². The first-order chi connectivity index (χ1) is 11.7. The predicted molar refractivity (Wildman–Crippen MR) is 96.6 cm³/mol. The number of carbonyl (C=O) groups is 2. The molecule has 0 atom stereocenters. The van der Waals surface area contributed by atoms with Gasteiger partial charge in [0.15, 0.2) is 0 Å². The van der Waals surface area contributed by atoms with Crippen LogP contribution >= 0.6 is 0 Å². The van der Waals surface area contributed by atoms with E-state index in [9.17, 15) is 14.7 Å². The molecule has 0 heterocycles. The first-order valence-electron chi connectivity index (χ1n) is 7.77. The summed E-state index contributed by atoms with van der Waals surface area (Å²) in [5.74, 6) is -2.74. The summed E-state index contributed by atoms with van der Waals surface area (Å²) in [7, 11) is 4.48. The highest BCUT2D eigenvalue weighted by Gasteiger charge is 2.18. The lowest BCUT2D eigenvalue weighted by Gasteiger charge is -2.29. The minimum Gasteiger partial charge on any atom is -0.545 e. The first kappa shape index (κ1) is 20.1. The molecule has 0 saturated carbocycles. The van der Waals surface area contributed by atoms with Crippen LogP contribution in [0, 0.1) is 0 Å². The molecule has 5 nitrogen and oxygen atoms in total. The molecule has 0 fully saturated rings. The highest BCUT2D eigenvalue weighted by molar-refractivity contribution is 5.92. The van der Waals surface area contributed by atoms with Gasteiger partial charge in [-0.3, -0.25) is 4.48 Å². The second-order valence-electron chi connectivity index (χ2n) is 6.12. The Kier molecular flexibility index (Phi) is 7.56. The van der Waals surface area contributed by atoms with Gasteiger partial charge in [0, 0.05) is 11.6 Å². The normalized spacial score (nSPS) is 11.2. The molecule has 0 aliphatic carbocycles. The van der Waals surface area contributed by atoms with Crippen molar-refractivity contribution in [1.82, 2.24) is 4.48 Å². The average Bonchev–Trinajstić information content (AvgIpc) is 2.56. The standard InChI is InChI=1S/C15H18N.C5H6O4/c1-16(2,15-11-7-4-8-12-15)13-14-9-5-3-6-10-14;1-3(5(8)9)2-4(6)7/h3-12H,13H2,1-2H3;2H,1H3,(H,6,7)(H,8,9)/q+1;/p-1/b;3-2-. The third-order valence-electron chi connectivity index (χ3n) is 3.54. The zero-order chi connectivity index (χ0) is 18.9. The van der Waals surface area contributed by atoms with Crippen molar-refractivity contribution in [2.45, 2.75) is 13.5 Å². The zero-order valence-corrected chi connectivity index (χ0v) is 14.7. The number of para-hydroxylation sites is 1. The van der Waals surface area contributed by atoms with E-state index in [4.69, 9.17) is 5.11 Å². The van der Waals surface area contributed by atoms with E-state index in [2.05, 4.69) is 74.8 Å². The van der Waals surface area contributed by atoms with Crippen LogP contribution in [0.25, 0.3) is 0 Å². The molecule has 0 aromatic heterocycles.